The molecule has 1 rings (SSSR count). The molecule has 1 aliphatic rings. The Labute approximate surface area is 53.2 Å². The molecule has 9 heavy (non-hydrogen) atoms. The Morgan fingerprint density at radius 1 is 1.33 bits per heavy atom. The van der Waals surface area contributed by atoms with E-state index in [1.807, 2.05) is 0 Å². The third kappa shape index (κ3) is 1.40. The van der Waals surface area contributed by atoms with Crippen LogP contribution in [-0.4, -0.2) is 41.7 Å². The van der Waals surface area contributed by atoms with Crippen molar-refractivity contribution in [1.82, 2.24) is 0 Å². The van der Waals surface area contributed by atoms with Crippen LogP contribution in [0.2, 0.25) is 0 Å². The van der Waals surface area contributed by atoms with Crippen LogP contribution in [0, 0.1) is 0 Å². The molecular formula is C5H11NO3. The summed E-state index contributed by atoms with van der Waals surface area (Å²) in [5.41, 5.74) is 5.33. The van der Waals surface area contributed by atoms with E-state index in [0.717, 1.165) is 0 Å². The maximum Gasteiger partial charge on any atom is 0.105 e. The van der Waals surface area contributed by atoms with Gasteiger partial charge in [0.25, 0.3) is 0 Å². The van der Waals surface area contributed by atoms with Crippen molar-refractivity contribution in [2.45, 2.75) is 18.2 Å². The number of aliphatic hydroxyl groups excluding tert-OH is 2. The minimum absolute atomic E-state index is 0.189. The minimum atomic E-state index is -0.821. The van der Waals surface area contributed by atoms with Gasteiger partial charge in [-0.25, -0.2) is 0 Å². The highest BCUT2D eigenvalue weighted by molar-refractivity contribution is 4.81. The first-order chi connectivity index (χ1) is 4.22. The summed E-state index contributed by atoms with van der Waals surface area (Å²) in [4.78, 5) is 0. The van der Waals surface area contributed by atoms with Gasteiger partial charge in [-0.05, 0) is 0 Å². The van der Waals surface area contributed by atoms with E-state index in [0.29, 0.717) is 6.61 Å². The lowest BCUT2D eigenvalue weighted by atomic mass is 10.1. The molecule has 0 aromatic rings. The molecule has 4 N–H and O–H groups in total. The lowest BCUT2D eigenvalue weighted by Crippen LogP contribution is -2.51. The average molecular weight is 133 g/mol. The van der Waals surface area contributed by atoms with E-state index >= 15 is 0 Å². The highest BCUT2D eigenvalue weighted by Gasteiger charge is 2.27. The normalized spacial score (nSPS) is 45.0. The molecule has 3 atom stereocenters. The van der Waals surface area contributed by atoms with Crippen molar-refractivity contribution < 1.29 is 14.9 Å². The van der Waals surface area contributed by atoms with Crippen molar-refractivity contribution >= 4 is 0 Å². The molecule has 0 aromatic carbocycles. The fourth-order valence-corrected chi connectivity index (χ4v) is 0.807. The molecule has 0 bridgehead atoms. The number of hydrogen-bond donors (Lipinski definition) is 3. The molecule has 0 radical (unpaired) electrons. The summed E-state index contributed by atoms with van der Waals surface area (Å²) >= 11 is 0. The molecule has 0 spiro atoms. The summed E-state index contributed by atoms with van der Waals surface area (Å²) in [6.07, 6.45) is -1.63. The Morgan fingerprint density at radius 3 is 2.44 bits per heavy atom. The molecule has 1 aliphatic heterocycles. The van der Waals surface area contributed by atoms with Gasteiger partial charge >= 0.3 is 0 Å². The zero-order valence-electron chi connectivity index (χ0n) is 5.03. The van der Waals surface area contributed by atoms with Crippen molar-refractivity contribution in [1.29, 1.82) is 0 Å². The van der Waals surface area contributed by atoms with Crippen molar-refractivity contribution in [3.63, 3.8) is 0 Å². The van der Waals surface area contributed by atoms with Gasteiger partial charge in [0.2, 0.25) is 0 Å². The zero-order chi connectivity index (χ0) is 6.85. The SMILES string of the molecule is NC1COC[C@@H](O)[C@@H]1O. The highest BCUT2D eigenvalue weighted by Crippen LogP contribution is 2.05. The lowest BCUT2D eigenvalue weighted by molar-refractivity contribution is -0.0965. The molecule has 1 saturated heterocycles. The van der Waals surface area contributed by atoms with Crippen LogP contribution in [0.4, 0.5) is 0 Å². The fraction of sp³-hybridized carbons (Fsp3) is 1.00. The summed E-state index contributed by atoms with van der Waals surface area (Å²) < 4.78 is 4.83. The summed E-state index contributed by atoms with van der Waals surface area (Å²) in [6, 6.07) is -0.436. The minimum Gasteiger partial charge on any atom is -0.389 e. The Morgan fingerprint density at radius 2 is 2.00 bits per heavy atom. The molecule has 1 fully saturated rings. The molecule has 54 valence electrons. The third-order valence-corrected chi connectivity index (χ3v) is 1.43. The van der Waals surface area contributed by atoms with Crippen molar-refractivity contribution in [2.75, 3.05) is 13.2 Å². The van der Waals surface area contributed by atoms with E-state index in [2.05, 4.69) is 0 Å². The number of rotatable bonds is 0. The van der Waals surface area contributed by atoms with Crippen molar-refractivity contribution in [3.8, 4) is 0 Å². The number of aliphatic hydroxyl groups is 2. The van der Waals surface area contributed by atoms with E-state index in [9.17, 15) is 0 Å². The second kappa shape index (κ2) is 2.62. The van der Waals surface area contributed by atoms with Gasteiger partial charge in [0.05, 0.1) is 25.4 Å². The highest BCUT2D eigenvalue weighted by atomic mass is 16.5. The van der Waals surface area contributed by atoms with Crippen LogP contribution >= 0.6 is 0 Å². The van der Waals surface area contributed by atoms with Crippen LogP contribution in [0.3, 0.4) is 0 Å². The van der Waals surface area contributed by atoms with Gasteiger partial charge in [-0.15, -0.1) is 0 Å². The van der Waals surface area contributed by atoms with Crippen LogP contribution < -0.4 is 5.73 Å². The first-order valence-corrected chi connectivity index (χ1v) is 2.91. The Kier molecular flexibility index (Phi) is 2.02. The predicted octanol–water partition coefficient (Wildman–Crippen LogP) is -1.93. The third-order valence-electron chi connectivity index (χ3n) is 1.43. The smallest absolute Gasteiger partial charge is 0.105 e. The fourth-order valence-electron chi connectivity index (χ4n) is 0.807. The van der Waals surface area contributed by atoms with Gasteiger partial charge in [-0.2, -0.15) is 0 Å². The van der Waals surface area contributed by atoms with Crippen LogP contribution in [0.15, 0.2) is 0 Å². The van der Waals surface area contributed by atoms with Gasteiger partial charge in [-0.3, -0.25) is 0 Å². The molecule has 4 heteroatoms. The largest absolute Gasteiger partial charge is 0.389 e. The van der Waals surface area contributed by atoms with E-state index in [1.165, 1.54) is 0 Å². The van der Waals surface area contributed by atoms with Crippen LogP contribution in [0.5, 0.6) is 0 Å². The number of ether oxygens (including phenoxy) is 1. The maximum absolute atomic E-state index is 8.99. The summed E-state index contributed by atoms with van der Waals surface area (Å²) in [6.45, 7) is 0.521. The molecule has 0 aliphatic carbocycles. The lowest BCUT2D eigenvalue weighted by Gasteiger charge is -2.28. The summed E-state index contributed by atoms with van der Waals surface area (Å²) in [5, 5.41) is 17.9. The second-order valence-corrected chi connectivity index (χ2v) is 2.26. The van der Waals surface area contributed by atoms with E-state index in [-0.39, 0.29) is 6.61 Å². The van der Waals surface area contributed by atoms with Gasteiger partial charge < -0.3 is 20.7 Å². The van der Waals surface area contributed by atoms with E-state index in [1.54, 1.807) is 0 Å². The van der Waals surface area contributed by atoms with Crippen LogP contribution in [0.1, 0.15) is 0 Å². The molecule has 0 saturated carbocycles. The molecule has 0 amide bonds. The van der Waals surface area contributed by atoms with Crippen LogP contribution in [-0.2, 0) is 4.74 Å². The summed E-state index contributed by atoms with van der Waals surface area (Å²) in [7, 11) is 0. The quantitative estimate of drug-likeness (QED) is 0.359. The monoisotopic (exact) mass is 133 g/mol. The predicted molar refractivity (Wildman–Crippen MR) is 30.8 cm³/mol. The molecule has 0 aromatic heterocycles. The first kappa shape index (κ1) is 6.95. The van der Waals surface area contributed by atoms with Crippen molar-refractivity contribution in [2.24, 2.45) is 5.73 Å². The average Bonchev–Trinajstić information content (AvgIpc) is 1.83. The number of nitrogens with two attached hydrogens (primary N) is 1. The molecular weight excluding hydrogens is 122 g/mol. The van der Waals surface area contributed by atoms with Gasteiger partial charge in [0, 0.05) is 0 Å². The van der Waals surface area contributed by atoms with Gasteiger partial charge in [0.15, 0.2) is 0 Å². The Hall–Kier alpha value is -0.160. The van der Waals surface area contributed by atoms with E-state index < -0.39 is 18.2 Å². The molecule has 4 nitrogen and oxygen atoms in total. The van der Waals surface area contributed by atoms with Crippen molar-refractivity contribution in [3.05, 3.63) is 0 Å². The second-order valence-electron chi connectivity index (χ2n) is 2.26. The Balaban J connectivity index is 2.41. The number of hydrogen-bond acceptors (Lipinski definition) is 4. The van der Waals surface area contributed by atoms with Gasteiger partial charge in [0.1, 0.15) is 6.10 Å². The molecule has 1 heterocycles. The topological polar surface area (TPSA) is 75.7 Å². The standard InChI is InChI=1S/C5H11NO3/c6-3-1-9-2-4(7)5(3)8/h3-5,7-8H,1-2,6H2/t3?,4-,5-/m1/s1. The Bertz CT molecular complexity index is 88.2. The van der Waals surface area contributed by atoms with E-state index in [4.69, 9.17) is 20.7 Å². The maximum atomic E-state index is 8.99. The zero-order valence-corrected chi connectivity index (χ0v) is 5.03. The summed E-state index contributed by atoms with van der Waals surface area (Å²) in [5.74, 6) is 0. The van der Waals surface area contributed by atoms with Gasteiger partial charge in [-0.1, -0.05) is 0 Å². The molecule has 1 unspecified atom stereocenters. The van der Waals surface area contributed by atoms with Crippen LogP contribution in [0.25, 0.3) is 0 Å². The first-order valence-electron chi connectivity index (χ1n) is 2.91.